The fraction of sp³-hybridized carbons (Fsp3) is 0.211. The van der Waals surface area contributed by atoms with E-state index >= 15 is 0 Å². The predicted molar refractivity (Wildman–Crippen MR) is 94.5 cm³/mol. The van der Waals surface area contributed by atoms with E-state index in [4.69, 9.17) is 0 Å². The van der Waals surface area contributed by atoms with Gasteiger partial charge in [-0.3, -0.25) is 14.4 Å². The van der Waals surface area contributed by atoms with E-state index in [1.807, 2.05) is 0 Å². The number of amides is 2. The van der Waals surface area contributed by atoms with Gasteiger partial charge in [0.25, 0.3) is 0 Å². The molecule has 0 heterocycles. The lowest BCUT2D eigenvalue weighted by Gasteiger charge is -2.21. The first-order valence-electron chi connectivity index (χ1n) is 7.94. The number of benzene rings is 2. The summed E-state index contributed by atoms with van der Waals surface area (Å²) in [4.78, 5) is 36.5. The van der Waals surface area contributed by atoms with Crippen LogP contribution in [-0.4, -0.2) is 24.1 Å². The van der Waals surface area contributed by atoms with Crippen LogP contribution < -0.4 is 10.2 Å². The molecule has 0 fully saturated rings. The van der Waals surface area contributed by atoms with Crippen molar-refractivity contribution in [2.24, 2.45) is 0 Å². The normalized spacial score (nSPS) is 11.0. The van der Waals surface area contributed by atoms with Crippen molar-refractivity contribution < 1.29 is 27.6 Å². The quantitative estimate of drug-likeness (QED) is 0.803. The molecule has 27 heavy (non-hydrogen) atoms. The van der Waals surface area contributed by atoms with Crippen LogP contribution >= 0.6 is 0 Å². The molecule has 2 aromatic rings. The van der Waals surface area contributed by atoms with Gasteiger partial charge >= 0.3 is 6.18 Å². The molecule has 2 amide bonds. The Morgan fingerprint density at radius 1 is 1.00 bits per heavy atom. The lowest BCUT2D eigenvalue weighted by molar-refractivity contribution is -0.137. The van der Waals surface area contributed by atoms with Gasteiger partial charge in [-0.15, -0.1) is 0 Å². The number of ketones is 1. The molecule has 0 unspecified atom stereocenters. The molecule has 0 aliphatic heterocycles. The number of anilines is 2. The van der Waals surface area contributed by atoms with Crippen LogP contribution in [0.2, 0.25) is 0 Å². The summed E-state index contributed by atoms with van der Waals surface area (Å²) < 4.78 is 38.0. The van der Waals surface area contributed by atoms with Gasteiger partial charge in [0.05, 0.1) is 5.56 Å². The second-order valence-electron chi connectivity index (χ2n) is 5.83. The number of Topliss-reactive ketones (excluding diaryl/α,β-unsaturated/α-hetero) is 1. The third-order valence-corrected chi connectivity index (χ3v) is 3.74. The summed E-state index contributed by atoms with van der Waals surface area (Å²) in [5.74, 6) is -1.21. The molecule has 0 aliphatic carbocycles. The Hall–Kier alpha value is -3.16. The van der Waals surface area contributed by atoms with E-state index < -0.39 is 23.6 Å². The highest BCUT2D eigenvalue weighted by molar-refractivity contribution is 6.02. The van der Waals surface area contributed by atoms with Crippen LogP contribution in [0.15, 0.2) is 48.5 Å². The number of nitrogens with one attached hydrogen (secondary N) is 1. The highest BCUT2D eigenvalue weighted by Gasteiger charge is 2.30. The summed E-state index contributed by atoms with van der Waals surface area (Å²) in [5, 5.41) is 2.56. The van der Waals surface area contributed by atoms with E-state index in [0.29, 0.717) is 11.3 Å². The molecular weight excluding hydrogens is 361 g/mol. The largest absolute Gasteiger partial charge is 0.416 e. The van der Waals surface area contributed by atoms with Gasteiger partial charge in [0.1, 0.15) is 6.54 Å². The Balaban J connectivity index is 2.14. The van der Waals surface area contributed by atoms with Gasteiger partial charge in [-0.1, -0.05) is 12.1 Å². The molecule has 1 N–H and O–H groups in total. The Labute approximate surface area is 153 Å². The predicted octanol–water partition coefficient (Wildman–Crippen LogP) is 3.90. The zero-order chi connectivity index (χ0) is 20.2. The molecule has 0 saturated carbocycles. The van der Waals surface area contributed by atoms with E-state index in [-0.39, 0.29) is 18.0 Å². The van der Waals surface area contributed by atoms with E-state index in [1.54, 1.807) is 18.2 Å². The van der Waals surface area contributed by atoms with Crippen molar-refractivity contribution in [2.45, 2.75) is 20.0 Å². The van der Waals surface area contributed by atoms with Crippen LogP contribution in [0.3, 0.4) is 0 Å². The average molecular weight is 378 g/mol. The van der Waals surface area contributed by atoms with E-state index in [2.05, 4.69) is 5.32 Å². The van der Waals surface area contributed by atoms with Crippen molar-refractivity contribution in [3.8, 4) is 0 Å². The molecule has 0 aromatic heterocycles. The van der Waals surface area contributed by atoms with Gasteiger partial charge in [-0.2, -0.15) is 13.2 Å². The monoisotopic (exact) mass is 378 g/mol. The standard InChI is InChI=1S/C19H17F3N2O3/c1-12(25)14-4-3-5-16(10-14)23-18(27)11-24(13(2)26)17-8-6-15(7-9-17)19(20,21)22/h3-10H,11H2,1-2H3,(H,23,27). The summed E-state index contributed by atoms with van der Waals surface area (Å²) in [6.07, 6.45) is -4.49. The maximum atomic E-state index is 12.7. The highest BCUT2D eigenvalue weighted by atomic mass is 19.4. The lowest BCUT2D eigenvalue weighted by Crippen LogP contribution is -2.36. The summed E-state index contributed by atoms with van der Waals surface area (Å²) in [6, 6.07) is 10.2. The first kappa shape index (κ1) is 20.2. The van der Waals surface area contributed by atoms with E-state index in [1.165, 1.54) is 19.9 Å². The van der Waals surface area contributed by atoms with Crippen LogP contribution in [-0.2, 0) is 15.8 Å². The summed E-state index contributed by atoms with van der Waals surface area (Å²) in [7, 11) is 0. The zero-order valence-electron chi connectivity index (χ0n) is 14.6. The molecule has 2 aromatic carbocycles. The fourth-order valence-corrected chi connectivity index (χ4v) is 2.37. The molecule has 0 radical (unpaired) electrons. The van der Waals surface area contributed by atoms with Crippen molar-refractivity contribution in [1.82, 2.24) is 0 Å². The van der Waals surface area contributed by atoms with Crippen molar-refractivity contribution in [3.05, 3.63) is 59.7 Å². The van der Waals surface area contributed by atoms with Crippen molar-refractivity contribution in [2.75, 3.05) is 16.8 Å². The molecule has 0 saturated heterocycles. The third kappa shape index (κ3) is 5.40. The van der Waals surface area contributed by atoms with Crippen molar-refractivity contribution in [3.63, 3.8) is 0 Å². The summed E-state index contributed by atoms with van der Waals surface area (Å²) in [6.45, 7) is 2.22. The van der Waals surface area contributed by atoms with Gasteiger partial charge in [-0.25, -0.2) is 0 Å². The minimum Gasteiger partial charge on any atom is -0.325 e. The molecule has 2 rings (SSSR count). The molecule has 0 aliphatic rings. The lowest BCUT2D eigenvalue weighted by atomic mass is 10.1. The number of hydrogen-bond acceptors (Lipinski definition) is 3. The first-order valence-corrected chi connectivity index (χ1v) is 7.94. The van der Waals surface area contributed by atoms with Gasteiger partial charge < -0.3 is 10.2 Å². The maximum Gasteiger partial charge on any atom is 0.416 e. The summed E-state index contributed by atoms with van der Waals surface area (Å²) >= 11 is 0. The van der Waals surface area contributed by atoms with E-state index in [0.717, 1.165) is 29.2 Å². The Morgan fingerprint density at radius 3 is 2.15 bits per heavy atom. The molecule has 0 bridgehead atoms. The number of carbonyl (C=O) groups is 3. The van der Waals surface area contributed by atoms with Crippen molar-refractivity contribution in [1.29, 1.82) is 0 Å². The van der Waals surface area contributed by atoms with E-state index in [9.17, 15) is 27.6 Å². The van der Waals surface area contributed by atoms with Crippen LogP contribution in [0.1, 0.15) is 29.8 Å². The second-order valence-corrected chi connectivity index (χ2v) is 5.83. The number of nitrogens with zero attached hydrogens (tertiary/aromatic N) is 1. The average Bonchev–Trinajstić information content (AvgIpc) is 2.59. The summed E-state index contributed by atoms with van der Waals surface area (Å²) in [5.41, 5.74) is 0.117. The number of rotatable bonds is 5. The van der Waals surface area contributed by atoms with Crippen LogP contribution in [0, 0.1) is 0 Å². The molecule has 0 atom stereocenters. The zero-order valence-corrected chi connectivity index (χ0v) is 14.6. The van der Waals surface area contributed by atoms with Gasteiger partial charge in [-0.05, 0) is 43.3 Å². The number of hydrogen-bond donors (Lipinski definition) is 1. The first-order chi connectivity index (χ1) is 12.6. The topological polar surface area (TPSA) is 66.5 Å². The highest BCUT2D eigenvalue weighted by Crippen LogP contribution is 2.30. The molecule has 0 spiro atoms. The van der Waals surface area contributed by atoms with Gasteiger partial charge in [0.15, 0.2) is 5.78 Å². The van der Waals surface area contributed by atoms with Crippen LogP contribution in [0.4, 0.5) is 24.5 Å². The SMILES string of the molecule is CC(=O)c1cccc(NC(=O)CN(C(C)=O)c2ccc(C(F)(F)F)cc2)c1. The smallest absolute Gasteiger partial charge is 0.325 e. The number of halogens is 3. The molecule has 5 nitrogen and oxygen atoms in total. The van der Waals surface area contributed by atoms with Gasteiger partial charge in [0.2, 0.25) is 11.8 Å². The second kappa shape index (κ2) is 8.03. The Morgan fingerprint density at radius 2 is 1.63 bits per heavy atom. The van der Waals surface area contributed by atoms with Crippen molar-refractivity contribution >= 4 is 29.0 Å². The van der Waals surface area contributed by atoms with Gasteiger partial charge in [0, 0.05) is 23.9 Å². The Kier molecular flexibility index (Phi) is 5.99. The fourth-order valence-electron chi connectivity index (χ4n) is 2.37. The minimum atomic E-state index is -4.49. The molecular formula is C19H17F3N2O3. The maximum absolute atomic E-state index is 12.7. The number of alkyl halides is 3. The Bertz CT molecular complexity index is 861. The number of carbonyl (C=O) groups excluding carboxylic acids is 3. The molecule has 8 heteroatoms. The third-order valence-electron chi connectivity index (χ3n) is 3.74. The van der Waals surface area contributed by atoms with Crippen LogP contribution in [0.5, 0.6) is 0 Å². The van der Waals surface area contributed by atoms with Crippen LogP contribution in [0.25, 0.3) is 0 Å². The minimum absolute atomic E-state index is 0.166. The molecule has 142 valence electrons.